The number of halogens is 2. The Morgan fingerprint density at radius 1 is 1.23 bits per heavy atom. The van der Waals surface area contributed by atoms with Crippen molar-refractivity contribution >= 4 is 53.4 Å². The molecule has 0 spiro atoms. The van der Waals surface area contributed by atoms with Crippen LogP contribution < -0.4 is 0 Å². The van der Waals surface area contributed by atoms with E-state index in [1.807, 2.05) is 6.92 Å². The summed E-state index contributed by atoms with van der Waals surface area (Å²) in [6.45, 7) is 4.14. The van der Waals surface area contributed by atoms with E-state index in [0.29, 0.717) is 0 Å². The molecule has 0 aliphatic carbocycles. The molecule has 0 unspecified atom stereocenters. The second-order valence-corrected chi connectivity index (χ2v) is 5.79. The lowest BCUT2D eigenvalue weighted by atomic mass is 10.2. The summed E-state index contributed by atoms with van der Waals surface area (Å²) in [6, 6.07) is 2.05. The topological polar surface area (TPSA) is 12.9 Å². The Bertz CT molecular complexity index is 476. The van der Waals surface area contributed by atoms with E-state index in [4.69, 9.17) is 0 Å². The van der Waals surface area contributed by atoms with Crippen molar-refractivity contribution in [1.82, 2.24) is 4.98 Å². The maximum Gasteiger partial charge on any atom is 0.0960 e. The third-order valence-corrected chi connectivity index (χ3v) is 4.43. The SMILES string of the molecule is Cc1nc2c(Br)cc(Br)c(C)c2s1. The van der Waals surface area contributed by atoms with Crippen LogP contribution in [0.25, 0.3) is 10.2 Å². The number of aromatic nitrogens is 1. The molecule has 0 aliphatic heterocycles. The molecule has 0 atom stereocenters. The van der Waals surface area contributed by atoms with Crippen LogP contribution in [0.4, 0.5) is 0 Å². The van der Waals surface area contributed by atoms with E-state index in [0.717, 1.165) is 19.5 Å². The first-order chi connectivity index (χ1) is 6.09. The van der Waals surface area contributed by atoms with Crippen molar-refractivity contribution in [2.24, 2.45) is 0 Å². The highest BCUT2D eigenvalue weighted by molar-refractivity contribution is 9.11. The van der Waals surface area contributed by atoms with Gasteiger partial charge in [-0.1, -0.05) is 15.9 Å². The normalized spacial score (nSPS) is 11.1. The number of thiazole rings is 1. The summed E-state index contributed by atoms with van der Waals surface area (Å²) in [5.41, 5.74) is 2.34. The van der Waals surface area contributed by atoms with E-state index in [9.17, 15) is 0 Å². The molecule has 1 aromatic carbocycles. The summed E-state index contributed by atoms with van der Waals surface area (Å²) in [5, 5.41) is 1.11. The Balaban J connectivity index is 2.95. The standard InChI is InChI=1S/C9H7Br2NS/c1-4-6(10)3-7(11)8-9(4)13-5(2)12-8/h3H,1-2H3. The number of hydrogen-bond donors (Lipinski definition) is 0. The first-order valence-corrected chi connectivity index (χ1v) is 6.21. The van der Waals surface area contributed by atoms with Crippen molar-refractivity contribution in [3.63, 3.8) is 0 Å². The molecule has 1 nitrogen and oxygen atoms in total. The first kappa shape index (κ1) is 9.62. The van der Waals surface area contributed by atoms with Crippen molar-refractivity contribution in [2.45, 2.75) is 13.8 Å². The van der Waals surface area contributed by atoms with Gasteiger partial charge in [0.05, 0.1) is 15.2 Å². The molecule has 2 aromatic rings. The Hall–Kier alpha value is 0.0700. The van der Waals surface area contributed by atoms with Crippen LogP contribution in [0.5, 0.6) is 0 Å². The lowest BCUT2D eigenvalue weighted by molar-refractivity contribution is 1.33. The smallest absolute Gasteiger partial charge is 0.0960 e. The Morgan fingerprint density at radius 3 is 2.62 bits per heavy atom. The van der Waals surface area contributed by atoms with Gasteiger partial charge in [-0.2, -0.15) is 0 Å². The first-order valence-electron chi connectivity index (χ1n) is 3.81. The average Bonchev–Trinajstić information content (AvgIpc) is 2.44. The Kier molecular flexibility index (Phi) is 2.47. The highest BCUT2D eigenvalue weighted by Crippen LogP contribution is 2.35. The maximum atomic E-state index is 4.47. The molecule has 0 aliphatic rings. The number of fused-ring (bicyclic) bond motifs is 1. The van der Waals surface area contributed by atoms with Gasteiger partial charge in [0.25, 0.3) is 0 Å². The van der Waals surface area contributed by atoms with Crippen LogP contribution >= 0.6 is 43.2 Å². The van der Waals surface area contributed by atoms with Gasteiger partial charge in [-0.3, -0.25) is 0 Å². The maximum absolute atomic E-state index is 4.47. The summed E-state index contributed by atoms with van der Waals surface area (Å²) < 4.78 is 3.46. The molecule has 0 bridgehead atoms. The summed E-state index contributed by atoms with van der Waals surface area (Å²) in [5.74, 6) is 0. The molecule has 0 radical (unpaired) electrons. The molecule has 68 valence electrons. The number of nitrogens with zero attached hydrogens (tertiary/aromatic N) is 1. The summed E-state index contributed by atoms with van der Waals surface area (Å²) in [6.07, 6.45) is 0. The zero-order valence-corrected chi connectivity index (χ0v) is 11.2. The molecule has 4 heteroatoms. The minimum Gasteiger partial charge on any atom is -0.240 e. The molecule has 0 saturated heterocycles. The quantitative estimate of drug-likeness (QED) is 0.699. The third kappa shape index (κ3) is 1.55. The molecule has 0 saturated carbocycles. The summed E-state index contributed by atoms with van der Waals surface area (Å²) in [7, 11) is 0. The van der Waals surface area contributed by atoms with Gasteiger partial charge < -0.3 is 0 Å². The largest absolute Gasteiger partial charge is 0.240 e. The number of hydrogen-bond acceptors (Lipinski definition) is 2. The van der Waals surface area contributed by atoms with Gasteiger partial charge in [0.1, 0.15) is 0 Å². The molecule has 0 amide bonds. The van der Waals surface area contributed by atoms with Crippen molar-refractivity contribution in [3.8, 4) is 0 Å². The number of rotatable bonds is 0. The van der Waals surface area contributed by atoms with Crippen LogP contribution in [0, 0.1) is 13.8 Å². The van der Waals surface area contributed by atoms with Crippen LogP contribution in [0.1, 0.15) is 10.6 Å². The summed E-state index contributed by atoms with van der Waals surface area (Å²) >= 11 is 8.77. The monoisotopic (exact) mass is 319 g/mol. The fraction of sp³-hybridized carbons (Fsp3) is 0.222. The van der Waals surface area contributed by atoms with Crippen LogP contribution in [0.2, 0.25) is 0 Å². The van der Waals surface area contributed by atoms with E-state index in [1.54, 1.807) is 11.3 Å². The van der Waals surface area contributed by atoms with E-state index in [1.165, 1.54) is 10.3 Å². The molecule has 0 fully saturated rings. The molecular formula is C9H7Br2NS. The predicted molar refractivity (Wildman–Crippen MR) is 64.5 cm³/mol. The second-order valence-electron chi connectivity index (χ2n) is 2.88. The van der Waals surface area contributed by atoms with Gasteiger partial charge in [-0.25, -0.2) is 4.98 Å². The van der Waals surface area contributed by atoms with Gasteiger partial charge in [0.2, 0.25) is 0 Å². The molecule has 1 aromatic heterocycles. The summed E-state index contributed by atoms with van der Waals surface area (Å²) in [4.78, 5) is 4.47. The van der Waals surface area contributed by atoms with E-state index in [2.05, 4.69) is 49.8 Å². The molecule has 0 N–H and O–H groups in total. The number of aryl methyl sites for hydroxylation is 2. The second kappa shape index (κ2) is 3.33. The minimum atomic E-state index is 1.06. The van der Waals surface area contributed by atoms with Crippen LogP contribution in [-0.2, 0) is 0 Å². The van der Waals surface area contributed by atoms with Gasteiger partial charge in [0.15, 0.2) is 0 Å². The van der Waals surface area contributed by atoms with Crippen molar-refractivity contribution < 1.29 is 0 Å². The lowest BCUT2D eigenvalue weighted by Crippen LogP contribution is -1.78. The van der Waals surface area contributed by atoms with Gasteiger partial charge in [0, 0.05) is 8.95 Å². The van der Waals surface area contributed by atoms with Crippen molar-refractivity contribution in [3.05, 3.63) is 25.6 Å². The van der Waals surface area contributed by atoms with E-state index in [-0.39, 0.29) is 0 Å². The fourth-order valence-electron chi connectivity index (χ4n) is 1.24. The predicted octanol–water partition coefficient (Wildman–Crippen LogP) is 4.44. The van der Waals surface area contributed by atoms with Crippen molar-refractivity contribution in [1.29, 1.82) is 0 Å². The minimum absolute atomic E-state index is 1.06. The number of benzene rings is 1. The molecule has 13 heavy (non-hydrogen) atoms. The molecule has 2 rings (SSSR count). The third-order valence-electron chi connectivity index (χ3n) is 1.91. The van der Waals surface area contributed by atoms with E-state index < -0.39 is 0 Å². The van der Waals surface area contributed by atoms with E-state index >= 15 is 0 Å². The molecular weight excluding hydrogens is 314 g/mol. The lowest BCUT2D eigenvalue weighted by Gasteiger charge is -2.00. The zero-order chi connectivity index (χ0) is 9.59. The van der Waals surface area contributed by atoms with Gasteiger partial charge >= 0.3 is 0 Å². The Morgan fingerprint density at radius 2 is 1.92 bits per heavy atom. The highest BCUT2D eigenvalue weighted by atomic mass is 79.9. The van der Waals surface area contributed by atoms with Gasteiger partial charge in [-0.15, -0.1) is 11.3 Å². The zero-order valence-electron chi connectivity index (χ0n) is 7.19. The van der Waals surface area contributed by atoms with Crippen LogP contribution in [0.3, 0.4) is 0 Å². The van der Waals surface area contributed by atoms with Gasteiger partial charge in [-0.05, 0) is 41.4 Å². The fourth-order valence-corrected chi connectivity index (χ4v) is 3.70. The van der Waals surface area contributed by atoms with Crippen LogP contribution in [0.15, 0.2) is 15.0 Å². The Labute approximate surface area is 97.4 Å². The average molecular weight is 321 g/mol. The highest BCUT2D eigenvalue weighted by Gasteiger charge is 2.09. The van der Waals surface area contributed by atoms with Crippen molar-refractivity contribution in [2.75, 3.05) is 0 Å². The molecule has 1 heterocycles. The van der Waals surface area contributed by atoms with Crippen LogP contribution in [-0.4, -0.2) is 4.98 Å².